The maximum atomic E-state index is 12.8. The van der Waals surface area contributed by atoms with Gasteiger partial charge in [-0.2, -0.15) is 5.10 Å². The van der Waals surface area contributed by atoms with E-state index in [1.165, 1.54) is 0 Å². The molecule has 0 aromatic heterocycles. The maximum absolute atomic E-state index is 12.8. The molecule has 2 aromatic rings. The summed E-state index contributed by atoms with van der Waals surface area (Å²) in [6.07, 6.45) is 4.35. The Labute approximate surface area is 159 Å². The number of benzene rings is 2. The zero-order valence-corrected chi connectivity index (χ0v) is 15.4. The Morgan fingerprint density at radius 2 is 1.74 bits per heavy atom. The second-order valence-corrected chi connectivity index (χ2v) is 6.43. The van der Waals surface area contributed by atoms with E-state index in [9.17, 15) is 9.59 Å². The molecular formula is C21H24N4O2. The number of unbranched alkanes of at least 4 members (excludes halogenated alkanes) is 3. The predicted octanol–water partition coefficient (Wildman–Crippen LogP) is 4.14. The summed E-state index contributed by atoms with van der Waals surface area (Å²) in [5.74, 6) is -0.173. The van der Waals surface area contributed by atoms with Crippen molar-refractivity contribution in [1.82, 2.24) is 5.43 Å². The molecule has 2 N–H and O–H groups in total. The molecule has 6 nitrogen and oxygen atoms in total. The Balaban J connectivity index is 1.70. The number of anilines is 2. The van der Waals surface area contributed by atoms with Gasteiger partial charge in [0, 0.05) is 17.8 Å². The number of para-hydroxylation sites is 2. The third kappa shape index (κ3) is 4.53. The van der Waals surface area contributed by atoms with Crippen molar-refractivity contribution in [2.24, 2.45) is 5.10 Å². The number of rotatable bonds is 7. The largest absolute Gasteiger partial charge is 0.339 e. The lowest BCUT2D eigenvalue weighted by Gasteiger charge is -2.16. The first-order valence-corrected chi connectivity index (χ1v) is 9.31. The van der Waals surface area contributed by atoms with Crippen molar-refractivity contribution in [1.29, 1.82) is 0 Å². The Bertz CT molecular complexity index is 833. The Kier molecular flexibility index (Phi) is 6.20. The molecule has 0 saturated carbocycles. The van der Waals surface area contributed by atoms with Crippen molar-refractivity contribution in [2.45, 2.75) is 32.6 Å². The second-order valence-electron chi connectivity index (χ2n) is 6.43. The van der Waals surface area contributed by atoms with Crippen molar-refractivity contribution >= 4 is 29.0 Å². The van der Waals surface area contributed by atoms with Crippen LogP contribution in [-0.4, -0.2) is 24.2 Å². The van der Waals surface area contributed by atoms with Crippen LogP contribution in [0, 0.1) is 0 Å². The molecule has 0 atom stereocenters. The standard InChI is InChI=1S/C21H24N4O2/c1-2-3-4-10-15-25-18-14-9-8-13-17(18)19(20(25)26)23-24-21(27)22-16-11-6-5-7-12-16/h5-9,11-14H,2-4,10,15H2,1H3,(H2,22,24,27)/b23-19-. The van der Waals surface area contributed by atoms with Crippen LogP contribution in [0.3, 0.4) is 0 Å². The summed E-state index contributed by atoms with van der Waals surface area (Å²) in [5.41, 5.74) is 4.96. The minimum Gasteiger partial charge on any atom is -0.307 e. The van der Waals surface area contributed by atoms with E-state index in [4.69, 9.17) is 0 Å². The topological polar surface area (TPSA) is 73.8 Å². The number of urea groups is 1. The molecule has 3 rings (SSSR count). The van der Waals surface area contributed by atoms with Crippen molar-refractivity contribution < 1.29 is 9.59 Å². The Morgan fingerprint density at radius 3 is 2.52 bits per heavy atom. The first kappa shape index (κ1) is 18.6. The lowest BCUT2D eigenvalue weighted by Crippen LogP contribution is -2.33. The van der Waals surface area contributed by atoms with Gasteiger partial charge in [-0.05, 0) is 24.6 Å². The number of amides is 3. The number of carbonyl (C=O) groups excluding carboxylic acids is 2. The van der Waals surface area contributed by atoms with Gasteiger partial charge in [-0.15, -0.1) is 0 Å². The normalized spacial score (nSPS) is 14.3. The highest BCUT2D eigenvalue weighted by atomic mass is 16.2. The number of hydrazone groups is 1. The van der Waals surface area contributed by atoms with Crippen LogP contribution < -0.4 is 15.6 Å². The van der Waals surface area contributed by atoms with Crippen molar-refractivity contribution in [2.75, 3.05) is 16.8 Å². The van der Waals surface area contributed by atoms with Gasteiger partial charge in [0.2, 0.25) is 0 Å². The highest BCUT2D eigenvalue weighted by Gasteiger charge is 2.33. The van der Waals surface area contributed by atoms with Gasteiger partial charge in [0.25, 0.3) is 5.91 Å². The molecule has 3 amide bonds. The lowest BCUT2D eigenvalue weighted by atomic mass is 10.1. The van der Waals surface area contributed by atoms with E-state index in [0.29, 0.717) is 12.2 Å². The van der Waals surface area contributed by atoms with Gasteiger partial charge in [-0.25, -0.2) is 10.2 Å². The maximum Gasteiger partial charge on any atom is 0.339 e. The third-order valence-electron chi connectivity index (χ3n) is 4.43. The molecule has 27 heavy (non-hydrogen) atoms. The third-order valence-corrected chi connectivity index (χ3v) is 4.43. The molecule has 0 bridgehead atoms. The molecule has 0 spiro atoms. The van der Waals surface area contributed by atoms with E-state index in [0.717, 1.165) is 36.9 Å². The van der Waals surface area contributed by atoms with Crippen LogP contribution >= 0.6 is 0 Å². The lowest BCUT2D eigenvalue weighted by molar-refractivity contribution is -0.112. The van der Waals surface area contributed by atoms with Gasteiger partial charge in [-0.3, -0.25) is 4.79 Å². The summed E-state index contributed by atoms with van der Waals surface area (Å²) in [5, 5.41) is 6.78. The minimum absolute atomic E-state index is 0.173. The van der Waals surface area contributed by atoms with E-state index >= 15 is 0 Å². The smallest absolute Gasteiger partial charge is 0.307 e. The summed E-state index contributed by atoms with van der Waals surface area (Å²) >= 11 is 0. The number of hydrogen-bond acceptors (Lipinski definition) is 3. The summed E-state index contributed by atoms with van der Waals surface area (Å²) in [7, 11) is 0. The first-order valence-electron chi connectivity index (χ1n) is 9.31. The number of nitrogens with one attached hydrogen (secondary N) is 2. The van der Waals surface area contributed by atoms with Crippen LogP contribution in [-0.2, 0) is 4.79 Å². The summed E-state index contributed by atoms with van der Waals surface area (Å²) in [4.78, 5) is 26.6. The van der Waals surface area contributed by atoms with Gasteiger partial charge in [0.15, 0.2) is 5.71 Å². The zero-order valence-electron chi connectivity index (χ0n) is 15.4. The molecule has 0 unspecified atom stereocenters. The highest BCUT2D eigenvalue weighted by Crippen LogP contribution is 2.29. The molecule has 6 heteroatoms. The fourth-order valence-electron chi connectivity index (χ4n) is 3.08. The SMILES string of the molecule is CCCCCCN1C(=O)/C(=N\NC(=O)Nc2ccccc2)c2ccccc21. The van der Waals surface area contributed by atoms with Gasteiger partial charge < -0.3 is 10.2 Å². The van der Waals surface area contributed by atoms with Crippen LogP contribution in [0.25, 0.3) is 0 Å². The fraction of sp³-hybridized carbons (Fsp3) is 0.286. The molecule has 0 aliphatic carbocycles. The molecule has 140 valence electrons. The van der Waals surface area contributed by atoms with E-state index in [1.54, 1.807) is 17.0 Å². The molecule has 1 aliphatic rings. The Hall–Kier alpha value is -3.15. The minimum atomic E-state index is -0.486. The summed E-state index contributed by atoms with van der Waals surface area (Å²) in [6.45, 7) is 2.82. The van der Waals surface area contributed by atoms with Gasteiger partial charge in [-0.1, -0.05) is 62.6 Å². The molecule has 1 heterocycles. The van der Waals surface area contributed by atoms with E-state index in [2.05, 4.69) is 22.8 Å². The van der Waals surface area contributed by atoms with Crippen molar-refractivity contribution in [3.05, 3.63) is 60.2 Å². The van der Waals surface area contributed by atoms with Crippen LogP contribution in [0.5, 0.6) is 0 Å². The molecule has 1 aliphatic heterocycles. The summed E-state index contributed by atoms with van der Waals surface area (Å²) < 4.78 is 0. The molecule has 2 aromatic carbocycles. The van der Waals surface area contributed by atoms with Gasteiger partial charge >= 0.3 is 6.03 Å². The van der Waals surface area contributed by atoms with E-state index < -0.39 is 6.03 Å². The zero-order chi connectivity index (χ0) is 19.1. The number of nitrogens with zero attached hydrogens (tertiary/aromatic N) is 2. The highest BCUT2D eigenvalue weighted by molar-refractivity contribution is 6.54. The van der Waals surface area contributed by atoms with Crippen molar-refractivity contribution in [3.8, 4) is 0 Å². The number of hydrogen-bond donors (Lipinski definition) is 2. The molecular weight excluding hydrogens is 340 g/mol. The average Bonchev–Trinajstić information content (AvgIpc) is 2.95. The molecule has 0 saturated heterocycles. The van der Waals surface area contributed by atoms with Crippen LogP contribution in [0.15, 0.2) is 59.7 Å². The molecule has 0 fully saturated rings. The summed E-state index contributed by atoms with van der Waals surface area (Å²) in [6, 6.07) is 16.1. The van der Waals surface area contributed by atoms with Crippen LogP contribution in [0.2, 0.25) is 0 Å². The number of carbonyl (C=O) groups is 2. The second kappa shape index (κ2) is 8.98. The van der Waals surface area contributed by atoms with Crippen molar-refractivity contribution in [3.63, 3.8) is 0 Å². The van der Waals surface area contributed by atoms with Gasteiger partial charge in [0.05, 0.1) is 5.69 Å². The monoisotopic (exact) mass is 364 g/mol. The quantitative estimate of drug-likeness (QED) is 0.572. The van der Waals surface area contributed by atoms with Crippen LogP contribution in [0.4, 0.5) is 16.2 Å². The first-order chi connectivity index (χ1) is 13.2. The number of fused-ring (bicyclic) bond motifs is 1. The van der Waals surface area contributed by atoms with E-state index in [-0.39, 0.29) is 11.6 Å². The fourth-order valence-corrected chi connectivity index (χ4v) is 3.08. The predicted molar refractivity (Wildman–Crippen MR) is 108 cm³/mol. The van der Waals surface area contributed by atoms with Gasteiger partial charge in [0.1, 0.15) is 0 Å². The Morgan fingerprint density at radius 1 is 1.00 bits per heavy atom. The molecule has 0 radical (unpaired) electrons. The average molecular weight is 364 g/mol. The van der Waals surface area contributed by atoms with E-state index in [1.807, 2.05) is 42.5 Å². The van der Waals surface area contributed by atoms with Crippen LogP contribution in [0.1, 0.15) is 38.2 Å².